The first kappa shape index (κ1) is 18.7. The van der Waals surface area contributed by atoms with Gasteiger partial charge in [-0.3, -0.25) is 9.59 Å². The van der Waals surface area contributed by atoms with Crippen LogP contribution >= 0.6 is 0 Å². The van der Waals surface area contributed by atoms with E-state index in [1.807, 2.05) is 20.8 Å². The summed E-state index contributed by atoms with van der Waals surface area (Å²) in [6.45, 7) is 5.79. The van der Waals surface area contributed by atoms with Gasteiger partial charge in [-0.15, -0.1) is 0 Å². The molecule has 29 heavy (non-hydrogen) atoms. The molecule has 6 aliphatic rings. The molecule has 0 amide bonds. The fraction of sp³-hybridized carbons (Fsp3) is 0.920. The molecular formula is C25H36O4. The minimum atomic E-state index is -0.508. The summed E-state index contributed by atoms with van der Waals surface area (Å²) < 4.78 is 12.0. The lowest BCUT2D eigenvalue weighted by molar-refractivity contribution is -0.177. The van der Waals surface area contributed by atoms with E-state index in [4.69, 9.17) is 9.47 Å². The average Bonchev–Trinajstić information content (AvgIpc) is 3.46. The van der Waals surface area contributed by atoms with Gasteiger partial charge in [0, 0.05) is 0 Å². The monoisotopic (exact) mass is 400 g/mol. The van der Waals surface area contributed by atoms with Crippen molar-refractivity contribution >= 4 is 11.9 Å². The van der Waals surface area contributed by atoms with Crippen molar-refractivity contribution in [3.8, 4) is 0 Å². The van der Waals surface area contributed by atoms with E-state index in [-0.39, 0.29) is 29.9 Å². The van der Waals surface area contributed by atoms with Gasteiger partial charge in [-0.2, -0.15) is 0 Å². The third-order valence-electron chi connectivity index (χ3n) is 9.78. The Morgan fingerprint density at radius 3 is 1.90 bits per heavy atom. The van der Waals surface area contributed by atoms with Gasteiger partial charge < -0.3 is 9.47 Å². The summed E-state index contributed by atoms with van der Waals surface area (Å²) in [6, 6.07) is 0. The third kappa shape index (κ3) is 2.76. The number of carbonyl (C=O) groups excluding carboxylic acids is 2. The van der Waals surface area contributed by atoms with Crippen LogP contribution in [0.1, 0.15) is 72.1 Å². The van der Waals surface area contributed by atoms with Crippen molar-refractivity contribution in [3.05, 3.63) is 0 Å². The van der Waals surface area contributed by atoms with Crippen LogP contribution in [0.2, 0.25) is 0 Å². The molecule has 0 aromatic heterocycles. The van der Waals surface area contributed by atoms with Gasteiger partial charge in [0.25, 0.3) is 0 Å². The SMILES string of the molecule is CC(C)(C)OC(=O)C1C2CC(C1C(=O)OC1CC3CCC1C3)C1C3CCC(C3)C21. The van der Waals surface area contributed by atoms with E-state index in [2.05, 4.69) is 0 Å². The van der Waals surface area contributed by atoms with Crippen molar-refractivity contribution in [3.63, 3.8) is 0 Å². The Morgan fingerprint density at radius 2 is 1.34 bits per heavy atom. The van der Waals surface area contributed by atoms with E-state index in [1.165, 1.54) is 38.5 Å². The molecule has 0 spiro atoms. The van der Waals surface area contributed by atoms with Crippen LogP contribution in [0.3, 0.4) is 0 Å². The number of carbonyl (C=O) groups is 2. The maximum Gasteiger partial charge on any atom is 0.310 e. The van der Waals surface area contributed by atoms with Crippen molar-refractivity contribution in [2.45, 2.75) is 83.8 Å². The summed E-state index contributed by atoms with van der Waals surface area (Å²) in [7, 11) is 0. The Morgan fingerprint density at radius 1 is 0.724 bits per heavy atom. The van der Waals surface area contributed by atoms with Gasteiger partial charge in [0.15, 0.2) is 0 Å². The lowest BCUT2D eigenvalue weighted by Crippen LogP contribution is -2.47. The number of ether oxygens (including phenoxy) is 2. The van der Waals surface area contributed by atoms with Crippen LogP contribution in [0.5, 0.6) is 0 Å². The molecule has 6 rings (SSSR count). The van der Waals surface area contributed by atoms with Crippen molar-refractivity contribution in [1.29, 1.82) is 0 Å². The summed E-state index contributed by atoms with van der Waals surface area (Å²) in [5, 5.41) is 0. The Labute approximate surface area is 174 Å². The van der Waals surface area contributed by atoms with E-state index < -0.39 is 5.60 Å². The highest BCUT2D eigenvalue weighted by Gasteiger charge is 2.69. The fourth-order valence-corrected chi connectivity index (χ4v) is 9.15. The van der Waals surface area contributed by atoms with Crippen molar-refractivity contribution in [2.75, 3.05) is 0 Å². The van der Waals surface area contributed by atoms with Crippen LogP contribution in [-0.4, -0.2) is 23.6 Å². The highest BCUT2D eigenvalue weighted by molar-refractivity contribution is 5.84. The lowest BCUT2D eigenvalue weighted by atomic mass is 9.63. The summed E-state index contributed by atoms with van der Waals surface area (Å²) in [6.07, 6.45) is 9.94. The van der Waals surface area contributed by atoms with E-state index in [1.54, 1.807) is 0 Å². The molecule has 0 heterocycles. The summed E-state index contributed by atoms with van der Waals surface area (Å²) in [4.78, 5) is 26.8. The Kier molecular flexibility index (Phi) is 4.02. The molecular weight excluding hydrogens is 364 g/mol. The largest absolute Gasteiger partial charge is 0.462 e. The fourth-order valence-electron chi connectivity index (χ4n) is 9.15. The normalized spacial score (nSPS) is 51.5. The summed E-state index contributed by atoms with van der Waals surface area (Å²) in [5.74, 6) is 4.18. The topological polar surface area (TPSA) is 52.6 Å². The smallest absolute Gasteiger partial charge is 0.310 e. The van der Waals surface area contributed by atoms with Crippen LogP contribution in [0.25, 0.3) is 0 Å². The van der Waals surface area contributed by atoms with E-state index >= 15 is 0 Å². The maximum absolute atomic E-state index is 13.5. The zero-order valence-electron chi connectivity index (χ0n) is 18.1. The quantitative estimate of drug-likeness (QED) is 0.513. The van der Waals surface area contributed by atoms with Gasteiger partial charge in [-0.1, -0.05) is 0 Å². The number of rotatable bonds is 3. The van der Waals surface area contributed by atoms with Crippen LogP contribution in [0, 0.1) is 59.2 Å². The predicted octanol–water partition coefficient (Wildman–Crippen LogP) is 4.60. The lowest BCUT2D eigenvalue weighted by Gasteiger charge is -2.42. The zero-order valence-corrected chi connectivity index (χ0v) is 18.1. The predicted molar refractivity (Wildman–Crippen MR) is 108 cm³/mol. The first-order valence-corrected chi connectivity index (χ1v) is 12.2. The number of hydrogen-bond donors (Lipinski definition) is 0. The molecule has 11 unspecified atom stereocenters. The number of fused-ring (bicyclic) bond motifs is 11. The second-order valence-corrected chi connectivity index (χ2v) is 12.3. The highest BCUT2D eigenvalue weighted by Crippen LogP contribution is 2.70. The molecule has 11 atom stereocenters. The number of esters is 2. The minimum absolute atomic E-state index is 0.0628. The average molecular weight is 401 g/mol. The molecule has 6 bridgehead atoms. The van der Waals surface area contributed by atoms with Crippen LogP contribution in [0.15, 0.2) is 0 Å². The van der Waals surface area contributed by atoms with Gasteiger partial charge in [0.05, 0.1) is 11.8 Å². The van der Waals surface area contributed by atoms with Gasteiger partial charge in [0.2, 0.25) is 0 Å². The minimum Gasteiger partial charge on any atom is -0.462 e. The standard InChI is InChI=1S/C25H36O4/c1-25(2,3)29-24(27)22-17-11-16(19-14-6-7-15(10-14)20(17)19)21(22)23(26)28-18-9-12-4-5-13(18)8-12/h12-22H,4-11H2,1-3H3. The molecule has 0 N–H and O–H groups in total. The van der Waals surface area contributed by atoms with E-state index in [0.717, 1.165) is 30.6 Å². The van der Waals surface area contributed by atoms with Crippen molar-refractivity contribution in [1.82, 2.24) is 0 Å². The molecule has 4 nitrogen and oxygen atoms in total. The molecule has 160 valence electrons. The third-order valence-corrected chi connectivity index (χ3v) is 9.78. The molecule has 6 saturated carbocycles. The second-order valence-electron chi connectivity index (χ2n) is 12.3. The van der Waals surface area contributed by atoms with Crippen molar-refractivity contribution in [2.24, 2.45) is 59.2 Å². The van der Waals surface area contributed by atoms with E-state index in [9.17, 15) is 9.59 Å². The second kappa shape index (κ2) is 6.23. The zero-order chi connectivity index (χ0) is 20.1. The van der Waals surface area contributed by atoms with Crippen LogP contribution in [0.4, 0.5) is 0 Å². The molecule has 6 aliphatic carbocycles. The van der Waals surface area contributed by atoms with Gasteiger partial charge in [-0.05, 0) is 119 Å². The molecule has 0 saturated heterocycles. The van der Waals surface area contributed by atoms with Crippen molar-refractivity contribution < 1.29 is 19.1 Å². The Bertz CT molecular complexity index is 723. The number of hydrogen-bond acceptors (Lipinski definition) is 4. The Balaban J connectivity index is 1.26. The van der Waals surface area contributed by atoms with Gasteiger partial charge >= 0.3 is 11.9 Å². The molecule has 0 aromatic carbocycles. The summed E-state index contributed by atoms with van der Waals surface area (Å²) in [5.41, 5.74) is -0.508. The van der Waals surface area contributed by atoms with E-state index in [0.29, 0.717) is 29.6 Å². The van der Waals surface area contributed by atoms with Gasteiger partial charge in [0.1, 0.15) is 11.7 Å². The first-order chi connectivity index (χ1) is 13.8. The van der Waals surface area contributed by atoms with Crippen LogP contribution < -0.4 is 0 Å². The highest BCUT2D eigenvalue weighted by atomic mass is 16.6. The molecule has 0 radical (unpaired) electrons. The molecule has 0 aromatic rings. The van der Waals surface area contributed by atoms with Crippen LogP contribution in [-0.2, 0) is 19.1 Å². The Hall–Kier alpha value is -1.06. The summed E-state index contributed by atoms with van der Waals surface area (Å²) >= 11 is 0. The maximum atomic E-state index is 13.5. The first-order valence-electron chi connectivity index (χ1n) is 12.2. The molecule has 4 heteroatoms. The molecule has 0 aliphatic heterocycles. The van der Waals surface area contributed by atoms with Gasteiger partial charge in [-0.25, -0.2) is 0 Å². The molecule has 6 fully saturated rings.